The van der Waals surface area contributed by atoms with Crippen LogP contribution < -0.4 is 0 Å². The van der Waals surface area contributed by atoms with Crippen LogP contribution >= 0.6 is 0 Å². The van der Waals surface area contributed by atoms with E-state index in [0.29, 0.717) is 32.5 Å². The molecule has 0 radical (unpaired) electrons. The van der Waals surface area contributed by atoms with Gasteiger partial charge in [-0.05, 0) is 23.1 Å². The van der Waals surface area contributed by atoms with E-state index in [1.54, 1.807) is 0 Å². The van der Waals surface area contributed by atoms with E-state index >= 15 is 0 Å². The summed E-state index contributed by atoms with van der Waals surface area (Å²) in [4.78, 5) is 28.8. The number of hydrogen-bond acceptors (Lipinski definition) is 2. The summed E-state index contributed by atoms with van der Waals surface area (Å²) in [7, 11) is 0. The molecule has 25 heavy (non-hydrogen) atoms. The molecule has 0 bridgehead atoms. The highest BCUT2D eigenvalue weighted by Crippen LogP contribution is 2.27. The molecule has 2 aromatic carbocycles. The molecule has 128 valence electrons. The summed E-state index contributed by atoms with van der Waals surface area (Å²) in [5.74, 6) is 0.306. The fourth-order valence-electron chi connectivity index (χ4n) is 3.84. The first-order valence-electron chi connectivity index (χ1n) is 8.88. The lowest BCUT2D eigenvalue weighted by molar-refractivity contribution is -0.134. The third kappa shape index (κ3) is 3.29. The van der Waals surface area contributed by atoms with Crippen LogP contribution in [0.3, 0.4) is 0 Å². The van der Waals surface area contributed by atoms with E-state index < -0.39 is 0 Å². The first-order chi connectivity index (χ1) is 12.2. The molecule has 2 amide bonds. The topological polar surface area (TPSA) is 40.6 Å². The zero-order valence-electron chi connectivity index (χ0n) is 14.2. The van der Waals surface area contributed by atoms with Crippen molar-refractivity contribution in [1.29, 1.82) is 0 Å². The van der Waals surface area contributed by atoms with Crippen LogP contribution in [0.1, 0.15) is 36.0 Å². The fourth-order valence-corrected chi connectivity index (χ4v) is 3.84. The normalized spacial score (nSPS) is 19.4. The monoisotopic (exact) mass is 334 g/mol. The third-order valence-electron chi connectivity index (χ3n) is 5.25. The number of fused-ring (bicyclic) bond motifs is 1. The van der Waals surface area contributed by atoms with Gasteiger partial charge in [0.2, 0.25) is 11.8 Å². The van der Waals surface area contributed by atoms with Crippen molar-refractivity contribution in [2.24, 2.45) is 0 Å². The predicted molar refractivity (Wildman–Crippen MR) is 95.3 cm³/mol. The third-order valence-corrected chi connectivity index (χ3v) is 5.25. The van der Waals surface area contributed by atoms with Gasteiger partial charge in [0.1, 0.15) is 0 Å². The van der Waals surface area contributed by atoms with Gasteiger partial charge in [-0.3, -0.25) is 9.59 Å². The van der Waals surface area contributed by atoms with Crippen LogP contribution in [0.25, 0.3) is 0 Å². The second-order valence-corrected chi connectivity index (χ2v) is 6.92. The van der Waals surface area contributed by atoms with Gasteiger partial charge in [0, 0.05) is 38.5 Å². The highest BCUT2D eigenvalue weighted by Gasteiger charge is 2.34. The van der Waals surface area contributed by atoms with Gasteiger partial charge in [-0.25, -0.2) is 0 Å². The van der Waals surface area contributed by atoms with Crippen molar-refractivity contribution in [3.05, 3.63) is 71.3 Å². The summed E-state index contributed by atoms with van der Waals surface area (Å²) in [6.07, 6.45) is 1.75. The average molecular weight is 334 g/mol. The molecule has 0 aliphatic carbocycles. The Morgan fingerprint density at radius 2 is 1.60 bits per heavy atom. The summed E-state index contributed by atoms with van der Waals surface area (Å²) in [5, 5.41) is 0. The Kier molecular flexibility index (Phi) is 4.26. The van der Waals surface area contributed by atoms with Gasteiger partial charge in [0.25, 0.3) is 0 Å². The minimum absolute atomic E-state index is 0.0175. The average Bonchev–Trinajstić information content (AvgIpc) is 3.21. The summed E-state index contributed by atoms with van der Waals surface area (Å²) in [6, 6.07) is 18.2. The van der Waals surface area contributed by atoms with Gasteiger partial charge >= 0.3 is 0 Å². The summed E-state index contributed by atoms with van der Waals surface area (Å²) in [6.45, 7) is 1.97. The predicted octanol–water partition coefficient (Wildman–Crippen LogP) is 3.11. The number of amides is 2. The van der Waals surface area contributed by atoms with Gasteiger partial charge in [-0.1, -0.05) is 54.6 Å². The molecule has 0 N–H and O–H groups in total. The van der Waals surface area contributed by atoms with E-state index in [9.17, 15) is 9.59 Å². The van der Waals surface area contributed by atoms with Crippen LogP contribution in [0.2, 0.25) is 0 Å². The number of nitrogens with zero attached hydrogens (tertiary/aromatic N) is 2. The molecule has 4 rings (SSSR count). The number of benzene rings is 2. The fraction of sp³-hybridized carbons (Fsp3) is 0.333. The number of hydrogen-bond donors (Lipinski definition) is 0. The van der Waals surface area contributed by atoms with E-state index in [-0.39, 0.29) is 17.9 Å². The lowest BCUT2D eigenvalue weighted by Gasteiger charge is -2.26. The lowest BCUT2D eigenvalue weighted by Crippen LogP contribution is -2.37. The maximum Gasteiger partial charge on any atom is 0.225 e. The van der Waals surface area contributed by atoms with Crippen LogP contribution in [0.4, 0.5) is 0 Å². The molecule has 1 saturated heterocycles. The van der Waals surface area contributed by atoms with Crippen molar-refractivity contribution in [3.63, 3.8) is 0 Å². The highest BCUT2D eigenvalue weighted by molar-refractivity contribution is 5.82. The number of carbonyl (C=O) groups is 2. The van der Waals surface area contributed by atoms with E-state index in [0.717, 1.165) is 12.0 Å². The zero-order chi connectivity index (χ0) is 17.2. The minimum atomic E-state index is 0.0175. The van der Waals surface area contributed by atoms with E-state index in [1.165, 1.54) is 11.1 Å². The smallest absolute Gasteiger partial charge is 0.225 e. The summed E-state index contributed by atoms with van der Waals surface area (Å²) < 4.78 is 0. The Morgan fingerprint density at radius 1 is 0.960 bits per heavy atom. The van der Waals surface area contributed by atoms with Crippen LogP contribution in [0, 0.1) is 0 Å². The highest BCUT2D eigenvalue weighted by atomic mass is 16.2. The SMILES string of the molecule is O=C(CC1CCC(=O)N1Cc1ccccc1)N1Cc2ccccc2C1. The van der Waals surface area contributed by atoms with Crippen molar-refractivity contribution < 1.29 is 9.59 Å². The van der Waals surface area contributed by atoms with Crippen molar-refractivity contribution in [2.75, 3.05) is 0 Å². The Hall–Kier alpha value is -2.62. The molecule has 2 aliphatic heterocycles. The van der Waals surface area contributed by atoms with Crippen molar-refractivity contribution >= 4 is 11.8 Å². The molecule has 1 atom stereocenters. The molecular formula is C21H22N2O2. The zero-order valence-corrected chi connectivity index (χ0v) is 14.2. The Bertz CT molecular complexity index is 762. The number of likely N-dealkylation sites (tertiary alicyclic amines) is 1. The summed E-state index contributed by atoms with van der Waals surface area (Å²) >= 11 is 0. The molecule has 2 heterocycles. The van der Waals surface area contributed by atoms with Gasteiger partial charge in [0.15, 0.2) is 0 Å². The van der Waals surface area contributed by atoms with Gasteiger partial charge < -0.3 is 9.80 Å². The van der Waals surface area contributed by atoms with Crippen molar-refractivity contribution in [2.45, 2.75) is 44.9 Å². The molecule has 1 unspecified atom stereocenters. The van der Waals surface area contributed by atoms with Crippen LogP contribution in [-0.2, 0) is 29.2 Å². The molecule has 4 nitrogen and oxygen atoms in total. The number of rotatable bonds is 4. The molecule has 1 fully saturated rings. The van der Waals surface area contributed by atoms with Crippen LogP contribution in [0.5, 0.6) is 0 Å². The second kappa shape index (κ2) is 6.71. The first-order valence-corrected chi connectivity index (χ1v) is 8.88. The van der Waals surface area contributed by atoms with E-state index in [2.05, 4.69) is 12.1 Å². The first kappa shape index (κ1) is 15.9. The molecule has 4 heteroatoms. The molecule has 0 aromatic heterocycles. The standard InChI is InChI=1S/C21H22N2O2/c24-20-11-10-19(23(20)13-16-6-2-1-3-7-16)12-21(25)22-14-17-8-4-5-9-18(17)15-22/h1-9,19H,10-15H2. The molecule has 0 spiro atoms. The largest absolute Gasteiger partial charge is 0.335 e. The number of carbonyl (C=O) groups excluding carboxylic acids is 2. The molecule has 2 aliphatic rings. The van der Waals surface area contributed by atoms with E-state index in [1.807, 2.05) is 52.3 Å². The molecular weight excluding hydrogens is 312 g/mol. The molecule has 2 aromatic rings. The van der Waals surface area contributed by atoms with Crippen molar-refractivity contribution in [3.8, 4) is 0 Å². The maximum atomic E-state index is 12.8. The Balaban J connectivity index is 1.41. The Morgan fingerprint density at radius 3 is 2.28 bits per heavy atom. The quantitative estimate of drug-likeness (QED) is 0.862. The van der Waals surface area contributed by atoms with Crippen LogP contribution in [-0.4, -0.2) is 27.7 Å². The van der Waals surface area contributed by atoms with Gasteiger partial charge in [-0.15, -0.1) is 0 Å². The van der Waals surface area contributed by atoms with Crippen molar-refractivity contribution in [1.82, 2.24) is 9.80 Å². The maximum absolute atomic E-state index is 12.8. The van der Waals surface area contributed by atoms with Gasteiger partial charge in [0.05, 0.1) is 0 Å². The van der Waals surface area contributed by atoms with Crippen LogP contribution in [0.15, 0.2) is 54.6 Å². The van der Waals surface area contributed by atoms with Gasteiger partial charge in [-0.2, -0.15) is 0 Å². The lowest BCUT2D eigenvalue weighted by atomic mass is 10.1. The Labute approximate surface area is 148 Å². The summed E-state index contributed by atoms with van der Waals surface area (Å²) in [5.41, 5.74) is 3.59. The van der Waals surface area contributed by atoms with E-state index in [4.69, 9.17) is 0 Å². The minimum Gasteiger partial charge on any atom is -0.335 e. The molecule has 0 saturated carbocycles. The second-order valence-electron chi connectivity index (χ2n) is 6.92.